The second-order valence-corrected chi connectivity index (χ2v) is 7.83. The fourth-order valence-corrected chi connectivity index (χ4v) is 4.65. The number of amides is 2. The Balaban J connectivity index is 1.83. The predicted octanol–water partition coefficient (Wildman–Crippen LogP) is 6.34. The Morgan fingerprint density at radius 2 is 1.31 bits per heavy atom. The molecule has 0 saturated heterocycles. The molecular formula is C28H22N2O2. The van der Waals surface area contributed by atoms with E-state index in [9.17, 15) is 9.59 Å². The van der Waals surface area contributed by atoms with Crippen molar-refractivity contribution in [2.75, 3.05) is 7.05 Å². The molecule has 0 atom stereocenters. The van der Waals surface area contributed by atoms with E-state index in [4.69, 9.17) is 0 Å². The lowest BCUT2D eigenvalue weighted by atomic mass is 9.87. The van der Waals surface area contributed by atoms with Gasteiger partial charge in [-0.25, -0.2) is 0 Å². The van der Waals surface area contributed by atoms with Crippen LogP contribution in [0.15, 0.2) is 77.8 Å². The minimum absolute atomic E-state index is 0.263. The van der Waals surface area contributed by atoms with Gasteiger partial charge in [-0.3, -0.25) is 19.5 Å². The quantitative estimate of drug-likeness (QED) is 0.288. The molecule has 0 radical (unpaired) electrons. The van der Waals surface area contributed by atoms with Gasteiger partial charge in [0.1, 0.15) is 0 Å². The van der Waals surface area contributed by atoms with Crippen LogP contribution in [-0.4, -0.2) is 30.0 Å². The van der Waals surface area contributed by atoms with Crippen LogP contribution >= 0.6 is 0 Å². The zero-order valence-corrected chi connectivity index (χ0v) is 18.2. The van der Waals surface area contributed by atoms with Crippen molar-refractivity contribution in [3.05, 3.63) is 89.5 Å². The molecule has 0 N–H and O–H groups in total. The molecule has 0 aromatic heterocycles. The van der Waals surface area contributed by atoms with Crippen LogP contribution in [0.4, 0.5) is 0 Å². The van der Waals surface area contributed by atoms with Crippen LogP contribution in [0.5, 0.6) is 0 Å². The molecule has 4 aromatic rings. The lowest BCUT2D eigenvalue weighted by molar-refractivity contribution is 0.0650. The first kappa shape index (κ1) is 19.9. The van der Waals surface area contributed by atoms with E-state index in [1.165, 1.54) is 11.9 Å². The van der Waals surface area contributed by atoms with Crippen molar-refractivity contribution < 1.29 is 9.59 Å². The Morgan fingerprint density at radius 1 is 0.719 bits per heavy atom. The maximum atomic E-state index is 12.8. The van der Waals surface area contributed by atoms with Gasteiger partial charge in [0.05, 0.1) is 5.70 Å². The molecule has 156 valence electrons. The summed E-state index contributed by atoms with van der Waals surface area (Å²) < 4.78 is 0. The topological polar surface area (TPSA) is 49.7 Å². The Labute approximate surface area is 186 Å². The maximum absolute atomic E-state index is 12.8. The Kier molecular flexibility index (Phi) is 4.71. The molecular weight excluding hydrogens is 396 g/mol. The molecule has 1 aliphatic heterocycles. The summed E-state index contributed by atoms with van der Waals surface area (Å²) in [6.45, 7) is 3.90. The lowest BCUT2D eigenvalue weighted by Gasteiger charge is -2.25. The number of rotatable bonds is 3. The molecule has 1 heterocycles. The number of carbonyl (C=O) groups is 2. The minimum atomic E-state index is -0.263. The zero-order chi connectivity index (χ0) is 22.4. The van der Waals surface area contributed by atoms with Gasteiger partial charge in [-0.2, -0.15) is 0 Å². The van der Waals surface area contributed by atoms with Crippen molar-refractivity contribution in [1.82, 2.24) is 4.90 Å². The van der Waals surface area contributed by atoms with Crippen LogP contribution < -0.4 is 0 Å². The van der Waals surface area contributed by atoms with Crippen molar-refractivity contribution in [3.8, 4) is 11.1 Å². The van der Waals surface area contributed by atoms with E-state index >= 15 is 0 Å². The number of carbonyl (C=O) groups excluding carboxylic acids is 2. The maximum Gasteiger partial charge on any atom is 0.261 e. The fraction of sp³-hybridized carbons (Fsp3) is 0.107. The van der Waals surface area contributed by atoms with Gasteiger partial charge in [0.2, 0.25) is 0 Å². The Hall–Kier alpha value is -4.05. The lowest BCUT2D eigenvalue weighted by Crippen LogP contribution is -2.36. The third-order valence-corrected chi connectivity index (χ3v) is 6.14. The standard InChI is InChI=1S/C28H22N2O2/c1-4-25(29-5-2)21-15-13-19(17-9-6-7-10-18(17)21)20-14-16-24-26-22(20)11-8-12-23(26)27(31)30(3)28(24)32/h4-16H,1-3H3/b25-4-,29-5-. The smallest absolute Gasteiger partial charge is 0.261 e. The molecule has 0 spiro atoms. The average Bonchev–Trinajstić information content (AvgIpc) is 2.84. The van der Waals surface area contributed by atoms with E-state index in [0.29, 0.717) is 11.1 Å². The van der Waals surface area contributed by atoms with Gasteiger partial charge in [0.25, 0.3) is 11.8 Å². The summed E-state index contributed by atoms with van der Waals surface area (Å²) in [7, 11) is 1.53. The molecule has 4 heteroatoms. The first-order chi connectivity index (χ1) is 15.6. The monoisotopic (exact) mass is 418 g/mol. The van der Waals surface area contributed by atoms with Crippen molar-refractivity contribution >= 4 is 45.3 Å². The third-order valence-electron chi connectivity index (χ3n) is 6.14. The number of hydrogen-bond acceptors (Lipinski definition) is 3. The van der Waals surface area contributed by atoms with E-state index in [2.05, 4.69) is 29.3 Å². The first-order valence-electron chi connectivity index (χ1n) is 10.6. The van der Waals surface area contributed by atoms with Gasteiger partial charge in [0, 0.05) is 35.3 Å². The van der Waals surface area contributed by atoms with Crippen LogP contribution in [0, 0.1) is 0 Å². The second-order valence-electron chi connectivity index (χ2n) is 7.83. The first-order valence-corrected chi connectivity index (χ1v) is 10.6. The molecule has 32 heavy (non-hydrogen) atoms. The highest BCUT2D eigenvalue weighted by Gasteiger charge is 2.30. The number of hydrogen-bond donors (Lipinski definition) is 0. The van der Waals surface area contributed by atoms with Crippen LogP contribution in [0.25, 0.3) is 38.4 Å². The summed E-state index contributed by atoms with van der Waals surface area (Å²) in [5, 5.41) is 3.85. The normalized spacial score (nSPS) is 14.2. The summed E-state index contributed by atoms with van der Waals surface area (Å²) in [5.41, 5.74) is 5.18. The van der Waals surface area contributed by atoms with E-state index in [1.54, 1.807) is 12.3 Å². The number of fused-ring (bicyclic) bond motifs is 1. The number of allylic oxidation sites excluding steroid dienone is 1. The SMILES string of the molecule is C/C=N\C(=C/C)c1ccc(-c2ccc3c4c(cccc24)C(=O)N(C)C3=O)c2ccccc12. The molecule has 4 nitrogen and oxygen atoms in total. The van der Waals surface area contributed by atoms with Gasteiger partial charge in [0.15, 0.2) is 0 Å². The van der Waals surface area contributed by atoms with Gasteiger partial charge in [-0.15, -0.1) is 0 Å². The highest BCUT2D eigenvalue weighted by Crippen LogP contribution is 2.40. The fourth-order valence-electron chi connectivity index (χ4n) is 4.65. The van der Waals surface area contributed by atoms with Gasteiger partial charge in [-0.1, -0.05) is 60.7 Å². The molecule has 0 unspecified atom stereocenters. The molecule has 5 rings (SSSR count). The summed E-state index contributed by atoms with van der Waals surface area (Å²) in [6.07, 6.45) is 3.81. The molecule has 0 bridgehead atoms. The summed E-state index contributed by atoms with van der Waals surface area (Å²) in [6, 6.07) is 22.0. The highest BCUT2D eigenvalue weighted by molar-refractivity contribution is 6.27. The number of aliphatic imine (C=N–C) groups is 1. The van der Waals surface area contributed by atoms with Crippen molar-refractivity contribution in [1.29, 1.82) is 0 Å². The average molecular weight is 418 g/mol. The highest BCUT2D eigenvalue weighted by atomic mass is 16.2. The Morgan fingerprint density at radius 3 is 2.03 bits per heavy atom. The van der Waals surface area contributed by atoms with Crippen LogP contribution in [0.2, 0.25) is 0 Å². The largest absolute Gasteiger partial charge is 0.277 e. The Bertz CT molecular complexity index is 1470. The van der Waals surface area contributed by atoms with E-state index in [-0.39, 0.29) is 11.8 Å². The summed E-state index contributed by atoms with van der Waals surface area (Å²) >= 11 is 0. The van der Waals surface area contributed by atoms with Crippen LogP contribution in [0.1, 0.15) is 40.1 Å². The summed E-state index contributed by atoms with van der Waals surface area (Å²) in [5.74, 6) is -0.527. The van der Waals surface area contributed by atoms with Crippen molar-refractivity contribution in [3.63, 3.8) is 0 Å². The van der Waals surface area contributed by atoms with Gasteiger partial charge < -0.3 is 0 Å². The molecule has 2 amide bonds. The minimum Gasteiger partial charge on any atom is -0.277 e. The number of nitrogens with zero attached hydrogens (tertiary/aromatic N) is 2. The van der Waals surface area contributed by atoms with Gasteiger partial charge >= 0.3 is 0 Å². The van der Waals surface area contributed by atoms with E-state index < -0.39 is 0 Å². The molecule has 0 saturated carbocycles. The third kappa shape index (κ3) is 2.80. The number of imide groups is 1. The van der Waals surface area contributed by atoms with E-state index in [1.807, 2.05) is 56.3 Å². The van der Waals surface area contributed by atoms with Crippen molar-refractivity contribution in [2.24, 2.45) is 4.99 Å². The van der Waals surface area contributed by atoms with Crippen LogP contribution in [0.3, 0.4) is 0 Å². The van der Waals surface area contributed by atoms with Crippen LogP contribution in [-0.2, 0) is 0 Å². The molecule has 0 aliphatic carbocycles. The molecule has 0 fully saturated rings. The predicted molar refractivity (Wildman–Crippen MR) is 131 cm³/mol. The number of benzene rings is 4. The molecule has 4 aromatic carbocycles. The van der Waals surface area contributed by atoms with Gasteiger partial charge in [-0.05, 0) is 53.3 Å². The van der Waals surface area contributed by atoms with E-state index in [0.717, 1.165) is 43.9 Å². The second kappa shape index (κ2) is 7.57. The molecule has 1 aliphatic rings. The summed E-state index contributed by atoms with van der Waals surface area (Å²) in [4.78, 5) is 31.3. The zero-order valence-electron chi connectivity index (χ0n) is 18.2. The van der Waals surface area contributed by atoms with Crippen molar-refractivity contribution in [2.45, 2.75) is 13.8 Å².